The zero-order valence-electron chi connectivity index (χ0n) is 12.4. The van der Waals surface area contributed by atoms with Gasteiger partial charge in [-0.3, -0.25) is 0 Å². The molecular weight excluding hydrogens is 280 g/mol. The lowest BCUT2D eigenvalue weighted by molar-refractivity contribution is 0.177. The summed E-state index contributed by atoms with van der Waals surface area (Å²) in [6, 6.07) is 9.81. The van der Waals surface area contributed by atoms with E-state index in [1.165, 1.54) is 12.8 Å². The lowest BCUT2D eigenvalue weighted by Crippen LogP contribution is -2.32. The molecule has 1 fully saturated rings. The third-order valence-electron chi connectivity index (χ3n) is 4.18. The van der Waals surface area contributed by atoms with Gasteiger partial charge in [0, 0.05) is 24.9 Å². The highest BCUT2D eigenvalue weighted by Crippen LogP contribution is 2.27. The van der Waals surface area contributed by atoms with E-state index in [-0.39, 0.29) is 0 Å². The average Bonchev–Trinajstić information content (AvgIpc) is 2.97. The van der Waals surface area contributed by atoms with Gasteiger partial charge in [0.15, 0.2) is 5.13 Å². The van der Waals surface area contributed by atoms with E-state index < -0.39 is 6.10 Å². The summed E-state index contributed by atoms with van der Waals surface area (Å²) < 4.78 is 0. The van der Waals surface area contributed by atoms with Crippen molar-refractivity contribution in [2.24, 2.45) is 5.92 Å². The van der Waals surface area contributed by atoms with Crippen LogP contribution in [0.2, 0.25) is 0 Å². The quantitative estimate of drug-likeness (QED) is 0.936. The molecule has 3 nitrogen and oxygen atoms in total. The van der Waals surface area contributed by atoms with Crippen LogP contribution in [0.25, 0.3) is 0 Å². The summed E-state index contributed by atoms with van der Waals surface area (Å²) in [4.78, 5) is 7.09. The Hall–Kier alpha value is -1.39. The van der Waals surface area contributed by atoms with E-state index in [1.807, 2.05) is 30.3 Å². The van der Waals surface area contributed by atoms with Crippen LogP contribution in [-0.2, 0) is 6.42 Å². The monoisotopic (exact) mass is 302 g/mol. The number of benzene rings is 1. The Morgan fingerprint density at radius 3 is 2.71 bits per heavy atom. The third kappa shape index (κ3) is 3.63. The van der Waals surface area contributed by atoms with Crippen molar-refractivity contribution in [3.05, 3.63) is 47.0 Å². The SMILES string of the molecule is CC1CCN(c2nc(CC(O)c3ccccc3)cs2)CC1. The van der Waals surface area contributed by atoms with Crippen molar-refractivity contribution in [1.82, 2.24) is 4.98 Å². The first-order valence-corrected chi connectivity index (χ1v) is 8.52. The van der Waals surface area contributed by atoms with Crippen LogP contribution in [0.3, 0.4) is 0 Å². The van der Waals surface area contributed by atoms with E-state index in [0.29, 0.717) is 6.42 Å². The molecule has 1 saturated heterocycles. The smallest absolute Gasteiger partial charge is 0.185 e. The van der Waals surface area contributed by atoms with Crippen molar-refractivity contribution < 1.29 is 5.11 Å². The number of anilines is 1. The van der Waals surface area contributed by atoms with Gasteiger partial charge in [-0.15, -0.1) is 11.3 Å². The largest absolute Gasteiger partial charge is 0.388 e. The number of hydrogen-bond acceptors (Lipinski definition) is 4. The number of aliphatic hydroxyl groups is 1. The van der Waals surface area contributed by atoms with Crippen LogP contribution in [0, 0.1) is 5.92 Å². The topological polar surface area (TPSA) is 36.4 Å². The van der Waals surface area contributed by atoms with Gasteiger partial charge in [0.1, 0.15) is 0 Å². The number of hydrogen-bond donors (Lipinski definition) is 1. The molecule has 1 unspecified atom stereocenters. The van der Waals surface area contributed by atoms with Crippen LogP contribution >= 0.6 is 11.3 Å². The van der Waals surface area contributed by atoms with Gasteiger partial charge in [-0.2, -0.15) is 0 Å². The fourth-order valence-corrected chi connectivity index (χ4v) is 3.62. The Labute approximate surface area is 130 Å². The maximum atomic E-state index is 10.3. The fraction of sp³-hybridized carbons (Fsp3) is 0.471. The molecular formula is C17H22N2OS. The highest BCUT2D eigenvalue weighted by atomic mass is 32.1. The normalized spacial score (nSPS) is 17.9. The average molecular weight is 302 g/mol. The van der Waals surface area contributed by atoms with Crippen LogP contribution in [0.5, 0.6) is 0 Å². The molecule has 0 bridgehead atoms. The van der Waals surface area contributed by atoms with E-state index in [1.54, 1.807) is 11.3 Å². The van der Waals surface area contributed by atoms with Gasteiger partial charge >= 0.3 is 0 Å². The first kappa shape index (κ1) is 14.5. The standard InChI is InChI=1S/C17H22N2OS/c1-13-7-9-19(10-8-13)17-18-15(12-21-17)11-16(20)14-5-3-2-4-6-14/h2-6,12-13,16,20H,7-11H2,1H3. The molecule has 1 N–H and O–H groups in total. The van der Waals surface area contributed by atoms with Gasteiger partial charge < -0.3 is 10.0 Å². The first-order chi connectivity index (χ1) is 10.2. The van der Waals surface area contributed by atoms with Crippen LogP contribution < -0.4 is 4.90 Å². The predicted octanol–water partition coefficient (Wildman–Crippen LogP) is 3.66. The number of thiazole rings is 1. The molecule has 0 saturated carbocycles. The van der Waals surface area contributed by atoms with Gasteiger partial charge in [-0.25, -0.2) is 4.98 Å². The van der Waals surface area contributed by atoms with Crippen molar-refractivity contribution in [3.63, 3.8) is 0 Å². The minimum atomic E-state index is -0.470. The summed E-state index contributed by atoms with van der Waals surface area (Å²) >= 11 is 1.70. The van der Waals surface area contributed by atoms with Crippen molar-refractivity contribution >= 4 is 16.5 Å². The zero-order chi connectivity index (χ0) is 14.7. The van der Waals surface area contributed by atoms with Crippen LogP contribution in [-0.4, -0.2) is 23.2 Å². The number of nitrogens with zero attached hydrogens (tertiary/aromatic N) is 2. The van der Waals surface area contributed by atoms with Gasteiger partial charge in [0.2, 0.25) is 0 Å². The second kappa shape index (κ2) is 6.58. The summed E-state index contributed by atoms with van der Waals surface area (Å²) in [6.07, 6.45) is 2.62. The van der Waals surface area contributed by atoms with Gasteiger partial charge in [-0.05, 0) is 24.3 Å². The molecule has 3 rings (SSSR count). The van der Waals surface area contributed by atoms with Crippen LogP contribution in [0.4, 0.5) is 5.13 Å². The minimum absolute atomic E-state index is 0.470. The number of piperidine rings is 1. The lowest BCUT2D eigenvalue weighted by Gasteiger charge is -2.29. The second-order valence-electron chi connectivity index (χ2n) is 5.92. The highest BCUT2D eigenvalue weighted by Gasteiger charge is 2.19. The van der Waals surface area contributed by atoms with E-state index in [9.17, 15) is 5.11 Å². The number of aromatic nitrogens is 1. The van der Waals surface area contributed by atoms with Crippen LogP contribution in [0.1, 0.15) is 37.1 Å². The molecule has 2 heterocycles. The van der Waals surface area contributed by atoms with Gasteiger partial charge in [-0.1, -0.05) is 37.3 Å². The molecule has 1 aliphatic rings. The van der Waals surface area contributed by atoms with Crippen LogP contribution in [0.15, 0.2) is 35.7 Å². The Kier molecular flexibility index (Phi) is 4.56. The summed E-state index contributed by atoms with van der Waals surface area (Å²) in [6.45, 7) is 4.53. The molecule has 1 aromatic carbocycles. The van der Waals surface area contributed by atoms with Crippen molar-refractivity contribution in [2.75, 3.05) is 18.0 Å². The summed E-state index contributed by atoms with van der Waals surface area (Å²) in [5, 5.41) is 13.5. The second-order valence-corrected chi connectivity index (χ2v) is 6.76. The molecule has 4 heteroatoms. The van der Waals surface area contributed by atoms with E-state index in [2.05, 4.69) is 17.2 Å². The molecule has 21 heavy (non-hydrogen) atoms. The minimum Gasteiger partial charge on any atom is -0.388 e. The number of aliphatic hydroxyl groups excluding tert-OH is 1. The predicted molar refractivity (Wildman–Crippen MR) is 87.8 cm³/mol. The summed E-state index contributed by atoms with van der Waals surface area (Å²) in [5.41, 5.74) is 1.95. The molecule has 112 valence electrons. The molecule has 0 radical (unpaired) electrons. The van der Waals surface area contributed by atoms with Crippen molar-refractivity contribution in [1.29, 1.82) is 0 Å². The lowest BCUT2D eigenvalue weighted by atomic mass is 10.00. The Morgan fingerprint density at radius 1 is 1.29 bits per heavy atom. The van der Waals surface area contributed by atoms with Crippen molar-refractivity contribution in [2.45, 2.75) is 32.3 Å². The summed E-state index contributed by atoms with van der Waals surface area (Å²) in [7, 11) is 0. The third-order valence-corrected chi connectivity index (χ3v) is 5.13. The Morgan fingerprint density at radius 2 is 2.00 bits per heavy atom. The molecule has 1 atom stereocenters. The first-order valence-electron chi connectivity index (χ1n) is 7.64. The summed E-state index contributed by atoms with van der Waals surface area (Å²) in [5.74, 6) is 0.834. The van der Waals surface area contributed by atoms with E-state index in [4.69, 9.17) is 4.98 Å². The number of rotatable bonds is 4. The molecule has 2 aromatic rings. The Bertz CT molecular complexity index is 561. The maximum absolute atomic E-state index is 10.3. The van der Waals surface area contributed by atoms with Gasteiger partial charge in [0.05, 0.1) is 11.8 Å². The maximum Gasteiger partial charge on any atom is 0.185 e. The molecule has 1 aliphatic heterocycles. The fourth-order valence-electron chi connectivity index (χ4n) is 2.73. The van der Waals surface area contributed by atoms with Crippen molar-refractivity contribution in [3.8, 4) is 0 Å². The highest BCUT2D eigenvalue weighted by molar-refractivity contribution is 7.13. The zero-order valence-corrected chi connectivity index (χ0v) is 13.2. The Balaban J connectivity index is 1.63. The molecule has 0 amide bonds. The van der Waals surface area contributed by atoms with E-state index in [0.717, 1.165) is 35.4 Å². The molecule has 0 aliphatic carbocycles. The molecule has 0 spiro atoms. The molecule has 1 aromatic heterocycles. The van der Waals surface area contributed by atoms with E-state index >= 15 is 0 Å². The van der Waals surface area contributed by atoms with Gasteiger partial charge in [0.25, 0.3) is 0 Å².